The molecule has 1 fully saturated rings. The lowest BCUT2D eigenvalue weighted by Crippen LogP contribution is -2.32. The molecule has 72 valence electrons. The summed E-state index contributed by atoms with van der Waals surface area (Å²) in [5.74, 6) is -0.0829. The van der Waals surface area contributed by atoms with E-state index in [0.717, 1.165) is 0 Å². The monoisotopic (exact) mass is 175 g/mol. The topological polar surface area (TPSA) is 72.7 Å². The van der Waals surface area contributed by atoms with Crippen LogP contribution in [0.5, 0.6) is 0 Å². The maximum Gasteiger partial charge on any atom is 0.0852 e. The number of hydrogen-bond acceptors (Lipinski definition) is 4. The van der Waals surface area contributed by atoms with Crippen LogP contribution in [0, 0.1) is 11.8 Å². The van der Waals surface area contributed by atoms with Gasteiger partial charge in [-0.25, -0.2) is 0 Å². The Hall–Kier alpha value is -0.160. The van der Waals surface area contributed by atoms with Gasteiger partial charge in [-0.1, -0.05) is 0 Å². The van der Waals surface area contributed by atoms with Crippen LogP contribution in [0.15, 0.2) is 0 Å². The van der Waals surface area contributed by atoms with Crippen molar-refractivity contribution in [3.05, 3.63) is 0 Å². The summed E-state index contributed by atoms with van der Waals surface area (Å²) < 4.78 is 0. The summed E-state index contributed by atoms with van der Waals surface area (Å²) in [7, 11) is 1.81. The van der Waals surface area contributed by atoms with Crippen LogP contribution in [-0.4, -0.2) is 47.7 Å². The second-order valence-corrected chi connectivity index (χ2v) is 3.48. The van der Waals surface area contributed by atoms with Gasteiger partial charge >= 0.3 is 0 Å². The Labute approximate surface area is 72.2 Å². The Bertz CT molecular complexity index is 142. The molecule has 1 saturated carbocycles. The van der Waals surface area contributed by atoms with Gasteiger partial charge in [0.1, 0.15) is 0 Å². The van der Waals surface area contributed by atoms with Crippen molar-refractivity contribution >= 4 is 0 Å². The van der Waals surface area contributed by atoms with Gasteiger partial charge in [0.2, 0.25) is 0 Å². The van der Waals surface area contributed by atoms with Crippen LogP contribution in [0.4, 0.5) is 0 Å². The molecule has 12 heavy (non-hydrogen) atoms. The highest BCUT2D eigenvalue weighted by Crippen LogP contribution is 2.30. The molecule has 0 saturated heterocycles. The molecule has 0 bridgehead atoms. The molecule has 0 amide bonds. The van der Waals surface area contributed by atoms with Crippen LogP contribution in [0.2, 0.25) is 0 Å². The largest absolute Gasteiger partial charge is 0.396 e. The van der Waals surface area contributed by atoms with Gasteiger partial charge in [-0.3, -0.25) is 0 Å². The predicted molar refractivity (Wildman–Crippen MR) is 44.6 cm³/mol. The fraction of sp³-hybridized carbons (Fsp3) is 1.00. The van der Waals surface area contributed by atoms with Gasteiger partial charge in [-0.05, 0) is 13.5 Å². The molecule has 0 aromatic rings. The predicted octanol–water partition coefficient (Wildman–Crippen LogP) is -1.44. The number of aliphatic hydroxyl groups is 3. The highest BCUT2D eigenvalue weighted by molar-refractivity contribution is 4.91. The molecule has 4 N–H and O–H groups in total. The lowest BCUT2D eigenvalue weighted by molar-refractivity contribution is -0.00550. The smallest absolute Gasteiger partial charge is 0.0852 e. The lowest BCUT2D eigenvalue weighted by atomic mass is 10.1. The molecule has 1 aliphatic carbocycles. The number of hydrogen-bond donors (Lipinski definition) is 4. The van der Waals surface area contributed by atoms with Crippen molar-refractivity contribution in [3.8, 4) is 0 Å². The van der Waals surface area contributed by atoms with Gasteiger partial charge in [0.05, 0.1) is 12.2 Å². The van der Waals surface area contributed by atoms with Gasteiger partial charge in [0, 0.05) is 25.0 Å². The van der Waals surface area contributed by atoms with Gasteiger partial charge in [0.25, 0.3) is 0 Å². The van der Waals surface area contributed by atoms with E-state index in [9.17, 15) is 10.2 Å². The van der Waals surface area contributed by atoms with Crippen molar-refractivity contribution in [2.75, 3.05) is 20.2 Å². The molecular formula is C8H17NO3. The standard InChI is InChI=1S/C8H17NO3/c1-9-3-5-2-6(4-10)8(12)7(5)11/h5-12H,2-4H2,1H3/t5-,6-,7-,8-/m1/s1. The Morgan fingerprint density at radius 3 is 2.25 bits per heavy atom. The van der Waals surface area contributed by atoms with Crippen LogP contribution in [-0.2, 0) is 0 Å². The fourth-order valence-electron chi connectivity index (χ4n) is 1.87. The highest BCUT2D eigenvalue weighted by atomic mass is 16.3. The van der Waals surface area contributed by atoms with Crippen molar-refractivity contribution in [1.82, 2.24) is 5.32 Å². The zero-order chi connectivity index (χ0) is 9.14. The van der Waals surface area contributed by atoms with Gasteiger partial charge in [0.15, 0.2) is 0 Å². The van der Waals surface area contributed by atoms with Crippen molar-refractivity contribution in [1.29, 1.82) is 0 Å². The number of rotatable bonds is 3. The SMILES string of the molecule is CNC[C@H]1C[C@H](CO)[C@@H](O)[C@@H]1O. The van der Waals surface area contributed by atoms with Crippen LogP contribution in [0.25, 0.3) is 0 Å². The number of nitrogens with one attached hydrogen (secondary N) is 1. The summed E-state index contributed by atoms with van der Waals surface area (Å²) in [6.07, 6.45) is -0.748. The van der Waals surface area contributed by atoms with E-state index in [-0.39, 0.29) is 18.4 Å². The summed E-state index contributed by atoms with van der Waals surface area (Å²) in [6, 6.07) is 0. The first-order valence-electron chi connectivity index (χ1n) is 4.32. The molecule has 0 radical (unpaired) electrons. The molecule has 1 rings (SSSR count). The van der Waals surface area contributed by atoms with Gasteiger partial charge in [-0.2, -0.15) is 0 Å². The van der Waals surface area contributed by atoms with E-state index in [1.807, 2.05) is 7.05 Å². The van der Waals surface area contributed by atoms with Crippen LogP contribution in [0.1, 0.15) is 6.42 Å². The van der Waals surface area contributed by atoms with E-state index in [4.69, 9.17) is 5.11 Å². The molecule has 4 atom stereocenters. The highest BCUT2D eigenvalue weighted by Gasteiger charge is 2.40. The number of aliphatic hydroxyl groups excluding tert-OH is 3. The Morgan fingerprint density at radius 1 is 1.25 bits per heavy atom. The molecule has 4 nitrogen and oxygen atoms in total. The van der Waals surface area contributed by atoms with Crippen molar-refractivity contribution in [2.24, 2.45) is 11.8 Å². The average molecular weight is 175 g/mol. The third-order valence-electron chi connectivity index (χ3n) is 2.62. The summed E-state index contributed by atoms with van der Waals surface area (Å²) >= 11 is 0. The zero-order valence-electron chi connectivity index (χ0n) is 7.27. The first-order valence-corrected chi connectivity index (χ1v) is 4.32. The van der Waals surface area contributed by atoms with Gasteiger partial charge in [-0.15, -0.1) is 0 Å². The summed E-state index contributed by atoms with van der Waals surface area (Å²) in [5.41, 5.74) is 0. The molecule has 0 aromatic carbocycles. The fourth-order valence-corrected chi connectivity index (χ4v) is 1.87. The van der Waals surface area contributed by atoms with Crippen molar-refractivity contribution in [3.63, 3.8) is 0 Å². The Kier molecular flexibility index (Phi) is 3.46. The minimum atomic E-state index is -0.756. The van der Waals surface area contributed by atoms with Crippen molar-refractivity contribution in [2.45, 2.75) is 18.6 Å². The van der Waals surface area contributed by atoms with Crippen molar-refractivity contribution < 1.29 is 15.3 Å². The quantitative estimate of drug-likeness (QED) is 0.424. The second-order valence-electron chi connectivity index (χ2n) is 3.48. The average Bonchev–Trinajstić information content (AvgIpc) is 2.33. The molecule has 0 unspecified atom stereocenters. The van der Waals surface area contributed by atoms with E-state index in [1.54, 1.807) is 0 Å². The van der Waals surface area contributed by atoms with Crippen LogP contribution in [0.3, 0.4) is 0 Å². The summed E-state index contributed by atoms with van der Waals surface area (Å²) in [6.45, 7) is 0.646. The molecule has 1 aliphatic rings. The Morgan fingerprint density at radius 2 is 1.83 bits per heavy atom. The third-order valence-corrected chi connectivity index (χ3v) is 2.62. The lowest BCUT2D eigenvalue weighted by Gasteiger charge is -2.15. The van der Waals surface area contributed by atoms with Crippen LogP contribution < -0.4 is 5.32 Å². The molecule has 0 aliphatic heterocycles. The first-order chi connectivity index (χ1) is 5.70. The molecule has 4 heteroatoms. The zero-order valence-corrected chi connectivity index (χ0v) is 7.27. The summed E-state index contributed by atoms with van der Waals surface area (Å²) in [4.78, 5) is 0. The Balaban J connectivity index is 2.48. The molecule has 0 spiro atoms. The molecule has 0 heterocycles. The minimum absolute atomic E-state index is 0.0432. The molecular weight excluding hydrogens is 158 g/mol. The normalized spacial score (nSPS) is 42.0. The van der Waals surface area contributed by atoms with E-state index >= 15 is 0 Å². The maximum atomic E-state index is 9.49. The van der Waals surface area contributed by atoms with E-state index in [1.165, 1.54) is 0 Å². The van der Waals surface area contributed by atoms with Crippen LogP contribution >= 0.6 is 0 Å². The van der Waals surface area contributed by atoms with E-state index in [2.05, 4.69) is 5.32 Å². The first kappa shape index (κ1) is 9.92. The summed E-state index contributed by atoms with van der Waals surface area (Å²) in [5, 5.41) is 30.7. The van der Waals surface area contributed by atoms with E-state index in [0.29, 0.717) is 13.0 Å². The van der Waals surface area contributed by atoms with Gasteiger partial charge < -0.3 is 20.6 Å². The maximum absolute atomic E-state index is 9.49. The third kappa shape index (κ3) is 1.77. The minimum Gasteiger partial charge on any atom is -0.396 e. The van der Waals surface area contributed by atoms with E-state index < -0.39 is 12.2 Å². The molecule has 0 aromatic heterocycles. The second kappa shape index (κ2) is 4.18.